The van der Waals surface area contributed by atoms with E-state index in [0.29, 0.717) is 31.4 Å². The van der Waals surface area contributed by atoms with E-state index in [0.717, 1.165) is 13.1 Å². The lowest BCUT2D eigenvalue weighted by atomic mass is 10.3. The van der Waals surface area contributed by atoms with Gasteiger partial charge in [-0.3, -0.25) is 9.88 Å². The molecule has 118 valence electrons. The number of nitrogens with zero attached hydrogens (tertiary/aromatic N) is 3. The van der Waals surface area contributed by atoms with Gasteiger partial charge in [-0.05, 0) is 26.8 Å². The number of rotatable bonds is 5. The summed E-state index contributed by atoms with van der Waals surface area (Å²) in [5.41, 5.74) is 0.624. The first-order valence-electron chi connectivity index (χ1n) is 7.39. The van der Waals surface area contributed by atoms with Gasteiger partial charge in [0, 0.05) is 51.2 Å². The summed E-state index contributed by atoms with van der Waals surface area (Å²) < 4.78 is 27.1. The molecule has 0 amide bonds. The second kappa shape index (κ2) is 6.72. The van der Waals surface area contributed by atoms with Gasteiger partial charge in [-0.15, -0.1) is 0 Å². The van der Waals surface area contributed by atoms with Crippen LogP contribution in [0.1, 0.15) is 20.8 Å². The van der Waals surface area contributed by atoms with E-state index in [1.165, 1.54) is 6.20 Å². The molecule has 1 aliphatic rings. The van der Waals surface area contributed by atoms with E-state index in [2.05, 4.69) is 29.0 Å². The Morgan fingerprint density at radius 3 is 2.52 bits per heavy atom. The summed E-state index contributed by atoms with van der Waals surface area (Å²) in [6.07, 6.45) is 3.04. The first kappa shape index (κ1) is 16.2. The molecule has 0 spiro atoms. The third-order valence-corrected chi connectivity index (χ3v) is 5.70. The van der Waals surface area contributed by atoms with Crippen LogP contribution in [-0.2, 0) is 10.0 Å². The lowest BCUT2D eigenvalue weighted by molar-refractivity contribution is 0.154. The van der Waals surface area contributed by atoms with E-state index in [1.54, 1.807) is 16.6 Å². The van der Waals surface area contributed by atoms with E-state index in [-0.39, 0.29) is 4.90 Å². The van der Waals surface area contributed by atoms with Crippen molar-refractivity contribution >= 4 is 15.7 Å². The zero-order chi connectivity index (χ0) is 15.5. The molecule has 1 N–H and O–H groups in total. The van der Waals surface area contributed by atoms with Crippen molar-refractivity contribution in [3.63, 3.8) is 0 Å². The number of piperazine rings is 1. The van der Waals surface area contributed by atoms with Crippen LogP contribution in [0.15, 0.2) is 23.4 Å². The Kier molecular flexibility index (Phi) is 5.18. The quantitative estimate of drug-likeness (QED) is 0.886. The lowest BCUT2D eigenvalue weighted by Crippen LogP contribution is -2.50. The lowest BCUT2D eigenvalue weighted by Gasteiger charge is -2.36. The number of aromatic nitrogens is 1. The van der Waals surface area contributed by atoms with Crippen molar-refractivity contribution in [2.45, 2.75) is 31.7 Å². The molecule has 1 aliphatic heterocycles. The molecule has 1 fully saturated rings. The molecule has 6 nitrogen and oxygen atoms in total. The summed E-state index contributed by atoms with van der Waals surface area (Å²) in [5.74, 6) is 0. The number of hydrogen-bond acceptors (Lipinski definition) is 5. The maximum Gasteiger partial charge on any atom is 0.246 e. The van der Waals surface area contributed by atoms with Crippen molar-refractivity contribution in [1.82, 2.24) is 14.2 Å². The van der Waals surface area contributed by atoms with Crippen molar-refractivity contribution in [2.75, 3.05) is 38.0 Å². The van der Waals surface area contributed by atoms with Gasteiger partial charge < -0.3 is 5.32 Å². The predicted octanol–water partition coefficient (Wildman–Crippen LogP) is 1.23. The summed E-state index contributed by atoms with van der Waals surface area (Å²) in [4.78, 5) is 6.54. The van der Waals surface area contributed by atoms with Crippen LogP contribution in [0.2, 0.25) is 0 Å². The SMILES string of the molecule is CCNc1ccncc1S(=O)(=O)N1CCN(C(C)C)CC1. The average molecular weight is 312 g/mol. The van der Waals surface area contributed by atoms with Crippen LogP contribution >= 0.6 is 0 Å². The fourth-order valence-corrected chi connectivity index (χ4v) is 4.06. The number of hydrogen-bond donors (Lipinski definition) is 1. The van der Waals surface area contributed by atoms with Gasteiger partial charge in [-0.2, -0.15) is 4.31 Å². The highest BCUT2D eigenvalue weighted by Crippen LogP contribution is 2.24. The summed E-state index contributed by atoms with van der Waals surface area (Å²) >= 11 is 0. The van der Waals surface area contributed by atoms with E-state index in [1.807, 2.05) is 6.92 Å². The molecule has 1 aromatic heterocycles. The zero-order valence-electron chi connectivity index (χ0n) is 12.9. The highest BCUT2D eigenvalue weighted by atomic mass is 32.2. The Labute approximate surface area is 127 Å². The predicted molar refractivity (Wildman–Crippen MR) is 83.9 cm³/mol. The van der Waals surface area contributed by atoms with Crippen molar-refractivity contribution in [1.29, 1.82) is 0 Å². The molecule has 0 aromatic carbocycles. The minimum atomic E-state index is -3.48. The number of pyridine rings is 1. The summed E-state index contributed by atoms with van der Waals surface area (Å²) in [7, 11) is -3.48. The highest BCUT2D eigenvalue weighted by Gasteiger charge is 2.30. The van der Waals surface area contributed by atoms with Crippen LogP contribution in [-0.4, -0.2) is 61.4 Å². The van der Waals surface area contributed by atoms with Crippen LogP contribution in [0.25, 0.3) is 0 Å². The van der Waals surface area contributed by atoms with Gasteiger partial charge >= 0.3 is 0 Å². The third-order valence-electron chi connectivity index (χ3n) is 3.77. The maximum atomic E-state index is 12.8. The van der Waals surface area contributed by atoms with Gasteiger partial charge in [0.15, 0.2) is 0 Å². The first-order chi connectivity index (χ1) is 9.96. The molecule has 2 heterocycles. The van der Waals surface area contributed by atoms with Crippen molar-refractivity contribution in [2.24, 2.45) is 0 Å². The summed E-state index contributed by atoms with van der Waals surface area (Å²) in [6.45, 7) is 9.48. The van der Waals surface area contributed by atoms with Gasteiger partial charge in [0.1, 0.15) is 4.90 Å². The van der Waals surface area contributed by atoms with Crippen molar-refractivity contribution in [3.05, 3.63) is 18.5 Å². The third kappa shape index (κ3) is 3.53. The molecule has 7 heteroatoms. The number of nitrogens with one attached hydrogen (secondary N) is 1. The molecular formula is C14H24N4O2S. The highest BCUT2D eigenvalue weighted by molar-refractivity contribution is 7.89. The van der Waals surface area contributed by atoms with Gasteiger partial charge in [0.2, 0.25) is 10.0 Å². The normalized spacial score (nSPS) is 18.1. The topological polar surface area (TPSA) is 65.5 Å². The second-order valence-corrected chi connectivity index (χ2v) is 7.34. The zero-order valence-corrected chi connectivity index (χ0v) is 13.7. The standard InChI is InChI=1S/C14H24N4O2S/c1-4-16-13-5-6-15-11-14(13)21(19,20)18-9-7-17(8-10-18)12(2)3/h5-6,11-12H,4,7-10H2,1-3H3,(H,15,16). The molecule has 0 saturated carbocycles. The fourth-order valence-electron chi connectivity index (χ4n) is 2.52. The van der Waals surface area contributed by atoms with E-state index < -0.39 is 10.0 Å². The van der Waals surface area contributed by atoms with Crippen LogP contribution in [0, 0.1) is 0 Å². The van der Waals surface area contributed by atoms with Gasteiger partial charge in [-0.1, -0.05) is 0 Å². The van der Waals surface area contributed by atoms with E-state index in [9.17, 15) is 8.42 Å². The summed E-state index contributed by atoms with van der Waals surface area (Å²) in [5, 5.41) is 3.09. The molecule has 0 unspecified atom stereocenters. The Morgan fingerprint density at radius 1 is 1.29 bits per heavy atom. The number of sulfonamides is 1. The van der Waals surface area contributed by atoms with Crippen molar-refractivity contribution < 1.29 is 8.42 Å². The molecule has 0 atom stereocenters. The van der Waals surface area contributed by atoms with Crippen LogP contribution in [0.4, 0.5) is 5.69 Å². The molecule has 1 saturated heterocycles. The molecule has 0 radical (unpaired) electrons. The Bertz CT molecular complexity index is 566. The molecular weight excluding hydrogens is 288 g/mol. The van der Waals surface area contributed by atoms with Crippen LogP contribution in [0.5, 0.6) is 0 Å². The van der Waals surface area contributed by atoms with Gasteiger partial charge in [-0.25, -0.2) is 8.42 Å². The van der Waals surface area contributed by atoms with Crippen molar-refractivity contribution in [3.8, 4) is 0 Å². The van der Waals surface area contributed by atoms with Crippen LogP contribution in [0.3, 0.4) is 0 Å². The van der Waals surface area contributed by atoms with Gasteiger partial charge in [0.25, 0.3) is 0 Å². The largest absolute Gasteiger partial charge is 0.384 e. The van der Waals surface area contributed by atoms with Crippen LogP contribution < -0.4 is 5.32 Å². The maximum absolute atomic E-state index is 12.8. The number of anilines is 1. The Morgan fingerprint density at radius 2 is 1.95 bits per heavy atom. The molecule has 2 rings (SSSR count). The Balaban J connectivity index is 2.20. The minimum Gasteiger partial charge on any atom is -0.384 e. The first-order valence-corrected chi connectivity index (χ1v) is 8.83. The molecule has 0 aliphatic carbocycles. The molecule has 1 aromatic rings. The minimum absolute atomic E-state index is 0.268. The average Bonchev–Trinajstić information content (AvgIpc) is 2.48. The van der Waals surface area contributed by atoms with E-state index >= 15 is 0 Å². The second-order valence-electron chi connectivity index (χ2n) is 5.44. The monoisotopic (exact) mass is 312 g/mol. The fraction of sp³-hybridized carbons (Fsp3) is 0.643. The van der Waals surface area contributed by atoms with Gasteiger partial charge in [0.05, 0.1) is 5.69 Å². The summed E-state index contributed by atoms with van der Waals surface area (Å²) in [6, 6.07) is 2.16. The smallest absolute Gasteiger partial charge is 0.246 e. The Hall–Kier alpha value is -1.18. The molecule has 21 heavy (non-hydrogen) atoms. The molecule has 0 bridgehead atoms. The van der Waals surface area contributed by atoms with E-state index in [4.69, 9.17) is 0 Å².